The summed E-state index contributed by atoms with van der Waals surface area (Å²) in [6.45, 7) is 2.44. The minimum Gasteiger partial charge on any atom is -0.411 e. The van der Waals surface area contributed by atoms with Crippen LogP contribution in [0.5, 0.6) is 0 Å². The summed E-state index contributed by atoms with van der Waals surface area (Å²) in [5.74, 6) is 0. The van der Waals surface area contributed by atoms with E-state index in [4.69, 9.17) is 5.21 Å². The van der Waals surface area contributed by atoms with Crippen molar-refractivity contribution in [2.75, 3.05) is 0 Å². The molecular weight excluding hydrogens is 244 g/mol. The molecule has 2 aromatic heterocycles. The molecule has 3 aromatic rings. The van der Waals surface area contributed by atoms with Crippen LogP contribution in [0.1, 0.15) is 12.5 Å². The van der Waals surface area contributed by atoms with Crippen molar-refractivity contribution in [1.82, 2.24) is 14.0 Å². The van der Waals surface area contributed by atoms with E-state index in [2.05, 4.69) is 10.1 Å². The first kappa shape index (κ1) is 11.5. The Labute approximate surface area is 108 Å². The van der Waals surface area contributed by atoms with Gasteiger partial charge in [-0.15, -0.1) is 0 Å². The highest BCUT2D eigenvalue weighted by Gasteiger charge is 2.12. The smallest absolute Gasteiger partial charge is 0.276 e. The maximum Gasteiger partial charge on any atom is 0.276 e. The van der Waals surface area contributed by atoms with Crippen LogP contribution < -0.4 is 5.56 Å². The number of para-hydroxylation sites is 1. The third kappa shape index (κ3) is 1.53. The van der Waals surface area contributed by atoms with Gasteiger partial charge in [-0.25, -0.2) is 4.98 Å². The molecule has 6 heteroatoms. The van der Waals surface area contributed by atoms with E-state index in [1.165, 1.54) is 6.21 Å². The average Bonchev–Trinajstić information content (AvgIpc) is 2.90. The molecule has 19 heavy (non-hydrogen) atoms. The van der Waals surface area contributed by atoms with E-state index in [1.54, 1.807) is 27.6 Å². The van der Waals surface area contributed by atoms with Gasteiger partial charge in [-0.05, 0) is 13.0 Å². The number of imidazole rings is 1. The molecule has 0 saturated heterocycles. The first-order valence-corrected chi connectivity index (χ1v) is 5.93. The maximum atomic E-state index is 12.4. The maximum absolute atomic E-state index is 12.4. The molecule has 0 spiro atoms. The average molecular weight is 256 g/mol. The zero-order chi connectivity index (χ0) is 13.4. The Balaban J connectivity index is 2.64. The van der Waals surface area contributed by atoms with E-state index >= 15 is 0 Å². The largest absolute Gasteiger partial charge is 0.411 e. The van der Waals surface area contributed by atoms with Crippen LogP contribution in [0.3, 0.4) is 0 Å². The predicted octanol–water partition coefficient (Wildman–Crippen LogP) is 1.48. The molecular formula is C13H12N4O2. The minimum atomic E-state index is -0.105. The lowest BCUT2D eigenvalue weighted by Gasteiger charge is -2.12. The van der Waals surface area contributed by atoms with Gasteiger partial charge in [0.1, 0.15) is 5.52 Å². The van der Waals surface area contributed by atoms with Crippen LogP contribution in [0.15, 0.2) is 40.7 Å². The molecule has 6 nitrogen and oxygen atoms in total. The molecule has 0 unspecified atom stereocenters. The summed E-state index contributed by atoms with van der Waals surface area (Å²) in [6, 6.07) is 5.56. The number of aromatic nitrogens is 3. The Kier molecular flexibility index (Phi) is 2.56. The fourth-order valence-corrected chi connectivity index (χ4v) is 2.39. The topological polar surface area (TPSA) is 71.9 Å². The van der Waals surface area contributed by atoms with Crippen LogP contribution in [0, 0.1) is 0 Å². The fraction of sp³-hybridized carbons (Fsp3) is 0.154. The Morgan fingerprint density at radius 3 is 3.00 bits per heavy atom. The normalized spacial score (nSPS) is 11.8. The van der Waals surface area contributed by atoms with Crippen molar-refractivity contribution in [2.45, 2.75) is 13.5 Å². The highest BCUT2D eigenvalue weighted by atomic mass is 16.4. The van der Waals surface area contributed by atoms with Crippen molar-refractivity contribution in [3.63, 3.8) is 0 Å². The van der Waals surface area contributed by atoms with Crippen LogP contribution in [-0.4, -0.2) is 25.4 Å². The highest BCUT2D eigenvalue weighted by Crippen LogP contribution is 2.17. The van der Waals surface area contributed by atoms with Crippen molar-refractivity contribution in [1.29, 1.82) is 0 Å². The number of oxime groups is 1. The van der Waals surface area contributed by atoms with Gasteiger partial charge in [0.15, 0.2) is 0 Å². The molecule has 0 saturated carbocycles. The van der Waals surface area contributed by atoms with Crippen molar-refractivity contribution in [3.05, 3.63) is 46.6 Å². The summed E-state index contributed by atoms with van der Waals surface area (Å²) in [4.78, 5) is 16.4. The Bertz CT molecular complexity index is 845. The van der Waals surface area contributed by atoms with Gasteiger partial charge in [0, 0.05) is 12.1 Å². The van der Waals surface area contributed by atoms with E-state index in [-0.39, 0.29) is 5.56 Å². The zero-order valence-corrected chi connectivity index (χ0v) is 10.3. The monoisotopic (exact) mass is 256 g/mol. The molecule has 0 aliphatic heterocycles. The molecule has 1 aromatic carbocycles. The standard InChI is InChI=1S/C13H12N4O2/c1-2-16-12-9(6-15-19)4-3-5-10(12)17-8-14-7-11(17)13(16)18/h3-8,19H,2H2,1H3. The van der Waals surface area contributed by atoms with E-state index in [0.717, 1.165) is 11.0 Å². The minimum absolute atomic E-state index is 0.105. The lowest BCUT2D eigenvalue weighted by molar-refractivity contribution is 0.322. The van der Waals surface area contributed by atoms with Gasteiger partial charge in [0.25, 0.3) is 5.56 Å². The zero-order valence-electron chi connectivity index (χ0n) is 10.3. The van der Waals surface area contributed by atoms with Crippen molar-refractivity contribution < 1.29 is 5.21 Å². The quantitative estimate of drug-likeness (QED) is 0.429. The second kappa shape index (κ2) is 4.24. The molecule has 0 atom stereocenters. The first-order chi connectivity index (χ1) is 9.27. The van der Waals surface area contributed by atoms with Gasteiger partial charge in [0.05, 0.1) is 29.8 Å². The van der Waals surface area contributed by atoms with E-state index < -0.39 is 0 Å². The molecule has 2 heterocycles. The van der Waals surface area contributed by atoms with Crippen LogP contribution in [0.25, 0.3) is 16.6 Å². The molecule has 0 aliphatic rings. The first-order valence-electron chi connectivity index (χ1n) is 5.93. The van der Waals surface area contributed by atoms with Gasteiger partial charge in [-0.1, -0.05) is 17.3 Å². The molecule has 96 valence electrons. The second-order valence-electron chi connectivity index (χ2n) is 4.16. The number of hydrogen-bond donors (Lipinski definition) is 1. The summed E-state index contributed by atoms with van der Waals surface area (Å²) in [5, 5.41) is 11.8. The third-order valence-electron chi connectivity index (χ3n) is 3.19. The number of aryl methyl sites for hydroxylation is 1. The van der Waals surface area contributed by atoms with Gasteiger partial charge in [0.2, 0.25) is 0 Å². The SMILES string of the molecule is CCn1c(=O)c2cncn2c2cccc(C=NO)c21. The molecule has 0 radical (unpaired) electrons. The van der Waals surface area contributed by atoms with E-state index in [0.29, 0.717) is 17.6 Å². The Morgan fingerprint density at radius 2 is 2.26 bits per heavy atom. The van der Waals surface area contributed by atoms with Crippen LogP contribution >= 0.6 is 0 Å². The summed E-state index contributed by atoms with van der Waals surface area (Å²) in [7, 11) is 0. The highest BCUT2D eigenvalue weighted by molar-refractivity contribution is 5.97. The number of nitrogens with zero attached hydrogens (tertiary/aromatic N) is 4. The molecule has 0 bridgehead atoms. The predicted molar refractivity (Wildman–Crippen MR) is 72.0 cm³/mol. The summed E-state index contributed by atoms with van der Waals surface area (Å²) in [6.07, 6.45) is 4.50. The molecule has 0 aliphatic carbocycles. The number of rotatable bonds is 2. The van der Waals surface area contributed by atoms with Crippen molar-refractivity contribution in [3.8, 4) is 0 Å². The van der Waals surface area contributed by atoms with E-state index in [1.807, 2.05) is 19.1 Å². The molecule has 0 fully saturated rings. The van der Waals surface area contributed by atoms with E-state index in [9.17, 15) is 4.79 Å². The molecule has 1 N–H and O–H groups in total. The Morgan fingerprint density at radius 1 is 1.42 bits per heavy atom. The lowest BCUT2D eigenvalue weighted by Crippen LogP contribution is -2.22. The molecule has 0 amide bonds. The van der Waals surface area contributed by atoms with Gasteiger partial charge in [-0.3, -0.25) is 9.20 Å². The number of hydrogen-bond acceptors (Lipinski definition) is 4. The third-order valence-corrected chi connectivity index (χ3v) is 3.19. The summed E-state index contributed by atoms with van der Waals surface area (Å²) < 4.78 is 3.40. The summed E-state index contributed by atoms with van der Waals surface area (Å²) in [5.41, 5.74) is 2.71. The van der Waals surface area contributed by atoms with Crippen molar-refractivity contribution in [2.24, 2.45) is 5.16 Å². The van der Waals surface area contributed by atoms with Gasteiger partial charge < -0.3 is 9.77 Å². The van der Waals surface area contributed by atoms with Crippen LogP contribution in [-0.2, 0) is 6.54 Å². The lowest BCUT2D eigenvalue weighted by atomic mass is 10.1. The summed E-state index contributed by atoms with van der Waals surface area (Å²) >= 11 is 0. The van der Waals surface area contributed by atoms with Crippen LogP contribution in [0.2, 0.25) is 0 Å². The molecule has 3 rings (SSSR count). The number of fused-ring (bicyclic) bond motifs is 3. The van der Waals surface area contributed by atoms with Gasteiger partial charge >= 0.3 is 0 Å². The van der Waals surface area contributed by atoms with Crippen molar-refractivity contribution >= 4 is 22.8 Å². The van der Waals surface area contributed by atoms with Crippen LogP contribution in [0.4, 0.5) is 0 Å². The Hall–Kier alpha value is -2.63. The fourth-order valence-electron chi connectivity index (χ4n) is 2.39. The second-order valence-corrected chi connectivity index (χ2v) is 4.16. The van der Waals surface area contributed by atoms with Gasteiger partial charge in [-0.2, -0.15) is 0 Å². The number of benzene rings is 1.